The highest BCUT2D eigenvalue weighted by Gasteiger charge is 2.71. The summed E-state index contributed by atoms with van der Waals surface area (Å²) in [7, 11) is -4.32. The number of thiazole rings is 1. The lowest BCUT2D eigenvalue weighted by Gasteiger charge is -2.51. The summed E-state index contributed by atoms with van der Waals surface area (Å²) in [5.41, 5.74) is -0.196. The van der Waals surface area contributed by atoms with Crippen molar-refractivity contribution in [2.75, 3.05) is 44.3 Å². The minimum absolute atomic E-state index is 0.0215. The molecule has 1 unspecified atom stereocenters. The number of nitrogens with zero attached hydrogens (tertiary/aromatic N) is 3. The van der Waals surface area contributed by atoms with Crippen LogP contribution in [0.3, 0.4) is 0 Å². The molecule has 15 heteroatoms. The molecular weight excluding hydrogens is 636 g/mol. The predicted octanol–water partition coefficient (Wildman–Crippen LogP) is 4.44. The Morgan fingerprint density at radius 1 is 1.07 bits per heavy atom. The number of halogens is 4. The molecule has 1 spiro atoms. The largest absolute Gasteiger partial charge is 0.403 e. The summed E-state index contributed by atoms with van der Waals surface area (Å²) in [5.74, 6) is -3.29. The van der Waals surface area contributed by atoms with Crippen LogP contribution in [0.2, 0.25) is 0 Å². The fourth-order valence-electron chi connectivity index (χ4n) is 7.12. The van der Waals surface area contributed by atoms with Crippen molar-refractivity contribution in [3.63, 3.8) is 0 Å². The van der Waals surface area contributed by atoms with Gasteiger partial charge in [-0.05, 0) is 55.4 Å². The molecule has 4 fully saturated rings. The molecule has 2 amide bonds. The smallest absolute Gasteiger partial charge is 0.381 e. The molecular formula is C30H30F4N4O5S2. The Labute approximate surface area is 260 Å². The summed E-state index contributed by atoms with van der Waals surface area (Å²) in [6, 6.07) is 8.99. The number of likely N-dealkylation sites (tertiary alicyclic amines) is 1. The highest BCUT2D eigenvalue weighted by molar-refractivity contribution is 7.90. The minimum atomic E-state index is -4.68. The van der Waals surface area contributed by atoms with Gasteiger partial charge in [0.1, 0.15) is 11.2 Å². The molecule has 1 saturated carbocycles. The lowest BCUT2D eigenvalue weighted by molar-refractivity contribution is -0.205. The molecule has 9 nitrogen and oxygen atoms in total. The molecule has 0 bridgehead atoms. The van der Waals surface area contributed by atoms with Crippen LogP contribution in [0.5, 0.6) is 0 Å². The number of anilines is 1. The number of hydrogen-bond acceptors (Lipinski definition) is 8. The molecule has 2 aromatic carbocycles. The summed E-state index contributed by atoms with van der Waals surface area (Å²) in [4.78, 5) is 33.8. The number of fused-ring (bicyclic) bond motifs is 1. The summed E-state index contributed by atoms with van der Waals surface area (Å²) in [6.07, 6.45) is -3.76. The molecule has 4 aliphatic rings. The molecule has 45 heavy (non-hydrogen) atoms. The number of rotatable bonds is 6. The third kappa shape index (κ3) is 5.16. The van der Waals surface area contributed by atoms with E-state index < -0.39 is 50.6 Å². The van der Waals surface area contributed by atoms with Crippen molar-refractivity contribution in [2.24, 2.45) is 16.7 Å². The van der Waals surface area contributed by atoms with Gasteiger partial charge in [0.25, 0.3) is 10.0 Å². The lowest BCUT2D eigenvalue weighted by atomic mass is 9.70. The first-order valence-corrected chi connectivity index (χ1v) is 17.1. The van der Waals surface area contributed by atoms with Crippen LogP contribution in [0, 0.1) is 22.6 Å². The van der Waals surface area contributed by atoms with Crippen molar-refractivity contribution >= 4 is 49.1 Å². The summed E-state index contributed by atoms with van der Waals surface area (Å²) in [6.45, 7) is 0.927. The zero-order chi connectivity index (χ0) is 31.8. The Balaban J connectivity index is 1.16. The zero-order valence-corrected chi connectivity index (χ0v) is 25.6. The van der Waals surface area contributed by atoms with Gasteiger partial charge in [-0.2, -0.15) is 13.2 Å². The standard InChI is InChI=1S/C30H30F4N4O5S2/c31-20-11-23-25(44-17-35-23)24(12-20)37-13-22(28(14-37)15-38(16-28)27(40)29(6-7-29)30(32,33)34)26(39)36-45(41,42)21-3-1-2-19(10-21)18-4-8-43-9-5-18/h1-3,10-12,17-18,22H,4-9,13-16H2,(H,36,39). The van der Waals surface area contributed by atoms with Crippen molar-refractivity contribution in [3.8, 4) is 0 Å². The van der Waals surface area contributed by atoms with Gasteiger partial charge in [-0.25, -0.2) is 22.5 Å². The monoisotopic (exact) mass is 666 g/mol. The Morgan fingerprint density at radius 3 is 2.49 bits per heavy atom. The molecule has 240 valence electrons. The van der Waals surface area contributed by atoms with Gasteiger partial charge in [0.05, 0.1) is 32.2 Å². The molecule has 7 rings (SSSR count). The van der Waals surface area contributed by atoms with Gasteiger partial charge >= 0.3 is 6.18 Å². The maximum absolute atomic E-state index is 14.6. The lowest BCUT2D eigenvalue weighted by Crippen LogP contribution is -2.66. The van der Waals surface area contributed by atoms with Crippen LogP contribution < -0.4 is 9.62 Å². The number of sulfonamides is 1. The van der Waals surface area contributed by atoms with E-state index >= 15 is 0 Å². The average Bonchev–Trinajstić information content (AvgIpc) is 3.52. The summed E-state index contributed by atoms with van der Waals surface area (Å²) in [5, 5.41) is 0. The van der Waals surface area contributed by atoms with Crippen LogP contribution in [0.1, 0.15) is 37.2 Å². The maximum Gasteiger partial charge on any atom is 0.403 e. The molecule has 3 aromatic rings. The quantitative estimate of drug-likeness (QED) is 0.388. The topological polar surface area (TPSA) is 109 Å². The van der Waals surface area contributed by atoms with Gasteiger partial charge in [0.15, 0.2) is 0 Å². The van der Waals surface area contributed by atoms with Crippen molar-refractivity contribution in [3.05, 3.63) is 53.3 Å². The van der Waals surface area contributed by atoms with Crippen LogP contribution in [-0.4, -0.2) is 75.7 Å². The Morgan fingerprint density at radius 2 is 1.80 bits per heavy atom. The number of amides is 2. The van der Waals surface area contributed by atoms with E-state index in [2.05, 4.69) is 9.71 Å². The van der Waals surface area contributed by atoms with Crippen LogP contribution in [0.4, 0.5) is 23.2 Å². The van der Waals surface area contributed by atoms with Gasteiger partial charge in [0, 0.05) is 50.9 Å². The molecule has 1 aromatic heterocycles. The number of alkyl halides is 3. The van der Waals surface area contributed by atoms with E-state index in [9.17, 15) is 35.6 Å². The molecule has 0 radical (unpaired) electrons. The van der Waals surface area contributed by atoms with Crippen molar-refractivity contribution in [1.82, 2.24) is 14.6 Å². The number of hydrogen-bond donors (Lipinski definition) is 1. The first-order valence-electron chi connectivity index (χ1n) is 14.7. The first-order chi connectivity index (χ1) is 21.3. The highest BCUT2D eigenvalue weighted by atomic mass is 32.2. The zero-order valence-electron chi connectivity index (χ0n) is 24.0. The summed E-state index contributed by atoms with van der Waals surface area (Å²) < 4.78 is 91.1. The van der Waals surface area contributed by atoms with Crippen LogP contribution in [0.15, 0.2) is 46.8 Å². The first kappa shape index (κ1) is 30.4. The van der Waals surface area contributed by atoms with E-state index in [1.54, 1.807) is 22.5 Å². The van der Waals surface area contributed by atoms with E-state index in [0.717, 1.165) is 23.3 Å². The molecule has 3 saturated heterocycles. The van der Waals surface area contributed by atoms with Gasteiger partial charge in [0.2, 0.25) is 11.8 Å². The maximum atomic E-state index is 14.6. The van der Waals surface area contributed by atoms with Crippen molar-refractivity contribution < 1.29 is 40.3 Å². The highest BCUT2D eigenvalue weighted by Crippen LogP contribution is 2.60. The van der Waals surface area contributed by atoms with E-state index in [-0.39, 0.29) is 49.8 Å². The second kappa shape index (κ2) is 10.6. The Kier molecular flexibility index (Phi) is 7.17. The van der Waals surface area contributed by atoms with Crippen molar-refractivity contribution in [2.45, 2.75) is 42.7 Å². The number of carbonyl (C=O) groups is 2. The van der Waals surface area contributed by atoms with E-state index in [4.69, 9.17) is 4.74 Å². The van der Waals surface area contributed by atoms with E-state index in [1.807, 2.05) is 6.07 Å². The summed E-state index contributed by atoms with van der Waals surface area (Å²) >= 11 is 1.27. The SMILES string of the molecule is O=C(NS(=O)(=O)c1cccc(C2CCOCC2)c1)C1CN(c2cc(F)cc3ncsc23)CC12CN(C(=O)C1(C(F)(F)F)CC1)C2. The molecule has 1 N–H and O–H groups in total. The van der Waals surface area contributed by atoms with Crippen LogP contribution in [-0.2, 0) is 24.3 Å². The minimum Gasteiger partial charge on any atom is -0.381 e. The fourth-order valence-corrected chi connectivity index (χ4v) is 9.01. The predicted molar refractivity (Wildman–Crippen MR) is 157 cm³/mol. The van der Waals surface area contributed by atoms with Gasteiger partial charge < -0.3 is 14.5 Å². The van der Waals surface area contributed by atoms with Crippen molar-refractivity contribution in [1.29, 1.82) is 0 Å². The number of nitrogens with one attached hydrogen (secondary N) is 1. The Hall–Kier alpha value is -3.30. The average molecular weight is 667 g/mol. The van der Waals surface area contributed by atoms with Crippen LogP contribution >= 0.6 is 11.3 Å². The number of benzene rings is 2. The van der Waals surface area contributed by atoms with Gasteiger partial charge in [-0.15, -0.1) is 11.3 Å². The third-order valence-electron chi connectivity index (χ3n) is 9.78. The molecule has 4 heterocycles. The second-order valence-electron chi connectivity index (χ2n) is 12.6. The van der Waals surface area contributed by atoms with Crippen LogP contribution in [0.25, 0.3) is 10.2 Å². The second-order valence-corrected chi connectivity index (χ2v) is 15.1. The van der Waals surface area contributed by atoms with E-state index in [0.29, 0.717) is 29.1 Å². The van der Waals surface area contributed by atoms with E-state index in [1.165, 1.54) is 29.5 Å². The molecule has 1 aliphatic carbocycles. The van der Waals surface area contributed by atoms with Gasteiger partial charge in [-0.3, -0.25) is 9.59 Å². The Bertz CT molecular complexity index is 1780. The molecule has 3 aliphatic heterocycles. The third-order valence-corrected chi connectivity index (χ3v) is 12.0. The number of aromatic nitrogens is 1. The fraction of sp³-hybridized carbons (Fsp3) is 0.500. The normalized spacial score (nSPS) is 22.9. The number of carbonyl (C=O) groups excluding carboxylic acids is 2. The molecule has 1 atom stereocenters. The van der Waals surface area contributed by atoms with Gasteiger partial charge in [-0.1, -0.05) is 12.1 Å². The number of ether oxygens (including phenoxy) is 1.